The molecule has 0 saturated carbocycles. The smallest absolute Gasteiger partial charge is 0.196 e. The van der Waals surface area contributed by atoms with Gasteiger partial charge in [0.25, 0.3) is 0 Å². The second kappa shape index (κ2) is 9.53. The lowest BCUT2D eigenvalue weighted by Crippen LogP contribution is -2.05. The number of hydrogen-bond donors (Lipinski definition) is 0. The molecule has 4 aromatic rings. The van der Waals surface area contributed by atoms with E-state index in [0.717, 1.165) is 11.3 Å². The normalized spacial score (nSPS) is 10.8. The first-order valence-corrected chi connectivity index (χ1v) is 10.6. The lowest BCUT2D eigenvalue weighted by atomic mass is 10.1. The molecule has 0 N–H and O–H groups in total. The van der Waals surface area contributed by atoms with Crippen molar-refractivity contribution in [1.29, 1.82) is 0 Å². The summed E-state index contributed by atoms with van der Waals surface area (Å²) in [5, 5.41) is 9.14. The van der Waals surface area contributed by atoms with Crippen LogP contribution in [0.4, 0.5) is 4.39 Å². The van der Waals surface area contributed by atoms with Gasteiger partial charge in [0.05, 0.1) is 12.4 Å². The van der Waals surface area contributed by atoms with Gasteiger partial charge in [0.15, 0.2) is 16.8 Å². The second-order valence-corrected chi connectivity index (χ2v) is 7.47. The summed E-state index contributed by atoms with van der Waals surface area (Å²) >= 11 is 1.28. The molecule has 156 valence electrons. The fourth-order valence-corrected chi connectivity index (χ4v) is 3.84. The third kappa shape index (κ3) is 4.80. The van der Waals surface area contributed by atoms with Crippen molar-refractivity contribution >= 4 is 17.5 Å². The van der Waals surface area contributed by atoms with Crippen molar-refractivity contribution in [1.82, 2.24) is 19.7 Å². The minimum absolute atomic E-state index is 0.0350. The van der Waals surface area contributed by atoms with Gasteiger partial charge in [-0.15, -0.1) is 10.2 Å². The van der Waals surface area contributed by atoms with E-state index in [2.05, 4.69) is 15.2 Å². The zero-order valence-corrected chi connectivity index (χ0v) is 17.6. The van der Waals surface area contributed by atoms with Gasteiger partial charge >= 0.3 is 0 Å². The number of ketones is 1. The van der Waals surface area contributed by atoms with Crippen molar-refractivity contribution in [3.8, 4) is 22.8 Å². The Morgan fingerprint density at radius 2 is 1.71 bits per heavy atom. The average Bonchev–Trinajstić information content (AvgIpc) is 3.23. The second-order valence-electron chi connectivity index (χ2n) is 6.52. The van der Waals surface area contributed by atoms with E-state index in [0.29, 0.717) is 28.8 Å². The van der Waals surface area contributed by atoms with Crippen LogP contribution in [0, 0.1) is 5.82 Å². The molecule has 2 heterocycles. The number of carbonyl (C=O) groups is 1. The van der Waals surface area contributed by atoms with E-state index in [9.17, 15) is 9.18 Å². The van der Waals surface area contributed by atoms with E-state index in [-0.39, 0.29) is 17.4 Å². The lowest BCUT2D eigenvalue weighted by molar-refractivity contribution is 0.102. The molecular formula is C23H19FN4O2S. The Morgan fingerprint density at radius 3 is 2.39 bits per heavy atom. The Hall–Kier alpha value is -3.52. The Balaban J connectivity index is 1.60. The maximum atomic E-state index is 13.5. The number of ether oxygens (including phenoxy) is 1. The van der Waals surface area contributed by atoms with Gasteiger partial charge in [-0.05, 0) is 67.6 Å². The van der Waals surface area contributed by atoms with Gasteiger partial charge in [-0.1, -0.05) is 11.8 Å². The van der Waals surface area contributed by atoms with Gasteiger partial charge < -0.3 is 4.74 Å². The third-order valence-electron chi connectivity index (χ3n) is 4.48. The highest BCUT2D eigenvalue weighted by Gasteiger charge is 2.18. The van der Waals surface area contributed by atoms with E-state index in [1.807, 2.05) is 23.6 Å². The number of pyridine rings is 1. The fraction of sp³-hybridized carbons (Fsp3) is 0.130. The monoisotopic (exact) mass is 434 g/mol. The van der Waals surface area contributed by atoms with E-state index in [1.165, 1.54) is 23.9 Å². The Labute approximate surface area is 183 Å². The van der Waals surface area contributed by atoms with Crippen LogP contribution in [0.2, 0.25) is 0 Å². The quantitative estimate of drug-likeness (QED) is 0.292. The van der Waals surface area contributed by atoms with Crippen molar-refractivity contribution in [3.05, 3.63) is 84.4 Å². The van der Waals surface area contributed by atoms with Crippen LogP contribution in [0.25, 0.3) is 17.1 Å². The molecule has 0 atom stereocenters. The van der Waals surface area contributed by atoms with Crippen LogP contribution in [-0.4, -0.2) is 37.9 Å². The van der Waals surface area contributed by atoms with Gasteiger partial charge in [-0.2, -0.15) is 0 Å². The molecule has 0 bridgehead atoms. The van der Waals surface area contributed by atoms with Crippen LogP contribution in [-0.2, 0) is 0 Å². The number of benzene rings is 2. The van der Waals surface area contributed by atoms with Crippen molar-refractivity contribution in [2.75, 3.05) is 12.4 Å². The number of thioether (sulfide) groups is 1. The summed E-state index contributed by atoms with van der Waals surface area (Å²) < 4.78 is 20.7. The number of hydrogen-bond acceptors (Lipinski definition) is 6. The molecule has 0 aliphatic carbocycles. The first kappa shape index (κ1) is 20.7. The van der Waals surface area contributed by atoms with E-state index >= 15 is 0 Å². The molecule has 0 fully saturated rings. The van der Waals surface area contributed by atoms with E-state index in [4.69, 9.17) is 4.74 Å². The first-order valence-electron chi connectivity index (χ1n) is 9.66. The summed E-state index contributed by atoms with van der Waals surface area (Å²) in [5.74, 6) is 1.13. The van der Waals surface area contributed by atoms with Gasteiger partial charge in [0.1, 0.15) is 11.6 Å². The number of nitrogens with zero attached hydrogens (tertiary/aromatic N) is 4. The van der Waals surface area contributed by atoms with Crippen LogP contribution in [0.5, 0.6) is 5.75 Å². The zero-order chi connectivity index (χ0) is 21.6. The topological polar surface area (TPSA) is 69.9 Å². The third-order valence-corrected chi connectivity index (χ3v) is 5.41. The van der Waals surface area contributed by atoms with Crippen molar-refractivity contribution in [2.45, 2.75) is 12.1 Å². The molecule has 0 unspecified atom stereocenters. The summed E-state index contributed by atoms with van der Waals surface area (Å²) in [6, 6.07) is 16.8. The lowest BCUT2D eigenvalue weighted by Gasteiger charge is -2.10. The molecule has 8 heteroatoms. The highest BCUT2D eigenvalue weighted by Crippen LogP contribution is 2.28. The summed E-state index contributed by atoms with van der Waals surface area (Å²) in [7, 11) is 0. The van der Waals surface area contributed by atoms with Crippen molar-refractivity contribution in [2.24, 2.45) is 0 Å². The minimum Gasteiger partial charge on any atom is -0.494 e. The molecule has 2 aromatic carbocycles. The number of aromatic nitrogens is 4. The highest BCUT2D eigenvalue weighted by molar-refractivity contribution is 7.99. The number of Topliss-reactive ketones (excluding diaryl/α,β-unsaturated/α-hetero) is 1. The van der Waals surface area contributed by atoms with Crippen LogP contribution in [0.15, 0.2) is 78.2 Å². The SMILES string of the molecule is CCOc1ccc(C(=O)CSc2nnc(-c3ccncc3)n2-c2ccc(F)cc2)cc1. The summed E-state index contributed by atoms with van der Waals surface area (Å²) in [4.78, 5) is 16.7. The number of carbonyl (C=O) groups excluding carboxylic acids is 1. The summed E-state index contributed by atoms with van der Waals surface area (Å²) in [5.41, 5.74) is 2.11. The van der Waals surface area contributed by atoms with Crippen molar-refractivity contribution in [3.63, 3.8) is 0 Å². The maximum Gasteiger partial charge on any atom is 0.196 e. The molecule has 0 spiro atoms. The average molecular weight is 434 g/mol. The molecule has 0 aliphatic heterocycles. The van der Waals surface area contributed by atoms with Gasteiger partial charge in [0.2, 0.25) is 0 Å². The Bertz CT molecular complexity index is 1160. The predicted octanol–water partition coefficient (Wildman–Crippen LogP) is 4.84. The first-order chi connectivity index (χ1) is 15.2. The van der Waals surface area contributed by atoms with Gasteiger partial charge in [-0.3, -0.25) is 14.3 Å². The summed E-state index contributed by atoms with van der Waals surface area (Å²) in [6.07, 6.45) is 3.34. The molecule has 6 nitrogen and oxygen atoms in total. The standard InChI is InChI=1S/C23H19FN4O2S/c1-2-30-20-9-3-16(4-10-20)21(29)15-31-23-27-26-22(17-11-13-25-14-12-17)28(23)19-7-5-18(24)6-8-19/h3-14H,2,15H2,1H3. The molecule has 2 aromatic heterocycles. The number of rotatable bonds is 8. The Kier molecular flexibility index (Phi) is 6.37. The van der Waals surface area contributed by atoms with Crippen LogP contribution in [0.3, 0.4) is 0 Å². The maximum absolute atomic E-state index is 13.5. The molecule has 0 aliphatic rings. The van der Waals surface area contributed by atoms with Crippen LogP contribution in [0.1, 0.15) is 17.3 Å². The molecule has 4 rings (SSSR count). The van der Waals surface area contributed by atoms with Crippen molar-refractivity contribution < 1.29 is 13.9 Å². The predicted molar refractivity (Wildman–Crippen MR) is 117 cm³/mol. The summed E-state index contributed by atoms with van der Waals surface area (Å²) in [6.45, 7) is 2.48. The molecule has 0 saturated heterocycles. The van der Waals surface area contributed by atoms with Crippen LogP contribution >= 0.6 is 11.8 Å². The molecule has 0 amide bonds. The van der Waals surface area contributed by atoms with E-state index < -0.39 is 0 Å². The molecule has 0 radical (unpaired) electrons. The molecular weight excluding hydrogens is 415 g/mol. The van der Waals surface area contributed by atoms with Gasteiger partial charge in [-0.25, -0.2) is 4.39 Å². The van der Waals surface area contributed by atoms with Gasteiger partial charge in [0, 0.05) is 29.2 Å². The highest BCUT2D eigenvalue weighted by atomic mass is 32.2. The number of halogens is 1. The molecule has 31 heavy (non-hydrogen) atoms. The largest absolute Gasteiger partial charge is 0.494 e. The Morgan fingerprint density at radius 1 is 1.00 bits per heavy atom. The van der Waals surface area contributed by atoms with Crippen LogP contribution < -0.4 is 4.74 Å². The fourth-order valence-electron chi connectivity index (χ4n) is 2.99. The zero-order valence-electron chi connectivity index (χ0n) is 16.7. The minimum atomic E-state index is -0.331. The van der Waals surface area contributed by atoms with E-state index in [1.54, 1.807) is 48.8 Å².